The van der Waals surface area contributed by atoms with E-state index in [0.29, 0.717) is 13.2 Å². The molecule has 2 atom stereocenters. The van der Waals surface area contributed by atoms with E-state index >= 15 is 0 Å². The molecule has 17 heavy (non-hydrogen) atoms. The number of carbonyl (C=O) groups excluding carboxylic acids is 1. The first-order chi connectivity index (χ1) is 8.19. The Hall–Kier alpha value is -0.610. The zero-order valence-electron chi connectivity index (χ0n) is 11.0. The number of aliphatic hydroxyl groups excluding tert-OH is 1. The predicted octanol–water partition coefficient (Wildman–Crippen LogP) is 1.42. The summed E-state index contributed by atoms with van der Waals surface area (Å²) in [6, 6.07) is 0. The van der Waals surface area contributed by atoms with Crippen LogP contribution in [0.25, 0.3) is 0 Å². The van der Waals surface area contributed by atoms with Crippen LogP contribution < -0.4 is 0 Å². The summed E-state index contributed by atoms with van der Waals surface area (Å²) in [6.07, 6.45) is 3.73. The topological polar surface area (TPSA) is 49.8 Å². The summed E-state index contributed by atoms with van der Waals surface area (Å²) in [5, 5.41) is 9.13. The molecule has 1 fully saturated rings. The van der Waals surface area contributed by atoms with Crippen molar-refractivity contribution in [2.24, 2.45) is 5.92 Å². The van der Waals surface area contributed by atoms with Crippen LogP contribution in [0.5, 0.6) is 0 Å². The van der Waals surface area contributed by atoms with Crippen molar-refractivity contribution >= 4 is 5.91 Å². The van der Waals surface area contributed by atoms with Crippen LogP contribution in [0.3, 0.4) is 0 Å². The van der Waals surface area contributed by atoms with Gasteiger partial charge < -0.3 is 14.7 Å². The van der Waals surface area contributed by atoms with Gasteiger partial charge in [-0.15, -0.1) is 0 Å². The molecule has 0 bridgehead atoms. The normalized spacial score (nSPS) is 22.5. The zero-order chi connectivity index (χ0) is 12.7. The van der Waals surface area contributed by atoms with E-state index in [1.165, 1.54) is 0 Å². The molecule has 1 amide bonds. The number of aliphatic hydroxyl groups is 1. The number of ether oxygens (including phenoxy) is 1. The van der Waals surface area contributed by atoms with Gasteiger partial charge in [-0.05, 0) is 32.1 Å². The monoisotopic (exact) mass is 243 g/mol. The highest BCUT2D eigenvalue weighted by Crippen LogP contribution is 2.17. The van der Waals surface area contributed by atoms with E-state index in [2.05, 4.69) is 6.92 Å². The SMILES string of the molecule is CCCCOC(C)C(=O)N1CCCC(CO)C1. The van der Waals surface area contributed by atoms with Gasteiger partial charge in [0, 0.05) is 26.3 Å². The van der Waals surface area contributed by atoms with Gasteiger partial charge in [-0.3, -0.25) is 4.79 Å². The molecule has 4 nitrogen and oxygen atoms in total. The Bertz CT molecular complexity index is 233. The molecule has 0 aromatic heterocycles. The summed E-state index contributed by atoms with van der Waals surface area (Å²) in [4.78, 5) is 13.9. The molecule has 1 rings (SSSR count). The summed E-state index contributed by atoms with van der Waals surface area (Å²) in [5.41, 5.74) is 0. The van der Waals surface area contributed by atoms with Crippen LogP contribution in [0, 0.1) is 5.92 Å². The molecule has 4 heteroatoms. The van der Waals surface area contributed by atoms with Gasteiger partial charge in [-0.1, -0.05) is 13.3 Å². The highest BCUT2D eigenvalue weighted by atomic mass is 16.5. The lowest BCUT2D eigenvalue weighted by atomic mass is 9.99. The third-order valence-electron chi connectivity index (χ3n) is 3.30. The minimum Gasteiger partial charge on any atom is -0.396 e. The highest BCUT2D eigenvalue weighted by molar-refractivity contribution is 5.80. The highest BCUT2D eigenvalue weighted by Gasteiger charge is 2.26. The standard InChI is InChI=1S/C13H25NO3/c1-3-4-8-17-11(2)13(16)14-7-5-6-12(9-14)10-15/h11-12,15H,3-10H2,1-2H3. The maximum atomic E-state index is 12.1. The van der Waals surface area contributed by atoms with Crippen molar-refractivity contribution in [2.45, 2.75) is 45.6 Å². The second-order valence-corrected chi connectivity index (χ2v) is 4.84. The first-order valence-corrected chi connectivity index (χ1v) is 6.70. The summed E-state index contributed by atoms with van der Waals surface area (Å²) < 4.78 is 5.51. The average Bonchev–Trinajstić information content (AvgIpc) is 2.38. The molecule has 2 unspecified atom stereocenters. The number of amides is 1. The number of piperidine rings is 1. The Morgan fingerprint density at radius 1 is 1.59 bits per heavy atom. The maximum absolute atomic E-state index is 12.1. The average molecular weight is 243 g/mol. The summed E-state index contributed by atoms with van der Waals surface area (Å²) in [6.45, 7) is 6.23. The molecule has 0 aliphatic carbocycles. The largest absolute Gasteiger partial charge is 0.396 e. The van der Waals surface area contributed by atoms with Crippen molar-refractivity contribution in [3.8, 4) is 0 Å². The van der Waals surface area contributed by atoms with E-state index in [1.807, 2.05) is 11.8 Å². The van der Waals surface area contributed by atoms with Crippen LogP contribution in [-0.2, 0) is 9.53 Å². The summed E-state index contributed by atoms with van der Waals surface area (Å²) in [5.74, 6) is 0.315. The number of carbonyl (C=O) groups is 1. The second-order valence-electron chi connectivity index (χ2n) is 4.84. The number of nitrogens with zero attached hydrogens (tertiary/aromatic N) is 1. The van der Waals surface area contributed by atoms with E-state index in [-0.39, 0.29) is 24.5 Å². The van der Waals surface area contributed by atoms with Gasteiger partial charge in [0.05, 0.1) is 0 Å². The van der Waals surface area contributed by atoms with Crippen molar-refractivity contribution in [1.29, 1.82) is 0 Å². The van der Waals surface area contributed by atoms with Gasteiger partial charge in [0.15, 0.2) is 0 Å². The van der Waals surface area contributed by atoms with Gasteiger partial charge in [-0.2, -0.15) is 0 Å². The van der Waals surface area contributed by atoms with Crippen LogP contribution in [0.2, 0.25) is 0 Å². The molecule has 1 aliphatic heterocycles. The molecular weight excluding hydrogens is 218 g/mol. The van der Waals surface area contributed by atoms with Gasteiger partial charge in [-0.25, -0.2) is 0 Å². The maximum Gasteiger partial charge on any atom is 0.251 e. The van der Waals surface area contributed by atoms with Crippen LogP contribution >= 0.6 is 0 Å². The number of unbranched alkanes of at least 4 members (excludes halogenated alkanes) is 1. The lowest BCUT2D eigenvalue weighted by Crippen LogP contribution is -2.45. The van der Waals surface area contributed by atoms with E-state index in [0.717, 1.165) is 32.2 Å². The quantitative estimate of drug-likeness (QED) is 0.718. The number of rotatable bonds is 6. The smallest absolute Gasteiger partial charge is 0.251 e. The van der Waals surface area contributed by atoms with Gasteiger partial charge >= 0.3 is 0 Å². The molecule has 0 aromatic carbocycles. The molecule has 0 saturated carbocycles. The van der Waals surface area contributed by atoms with Crippen molar-refractivity contribution in [3.05, 3.63) is 0 Å². The van der Waals surface area contributed by atoms with Crippen LogP contribution in [0.1, 0.15) is 39.5 Å². The Kier molecular flexibility index (Phi) is 6.52. The lowest BCUT2D eigenvalue weighted by molar-refractivity contribution is -0.144. The van der Waals surface area contributed by atoms with Crippen molar-refractivity contribution < 1.29 is 14.6 Å². The number of hydrogen-bond donors (Lipinski definition) is 1. The first-order valence-electron chi connectivity index (χ1n) is 6.70. The molecule has 1 saturated heterocycles. The van der Waals surface area contributed by atoms with Gasteiger partial charge in [0.1, 0.15) is 6.10 Å². The Labute approximate surface area is 104 Å². The van der Waals surface area contributed by atoms with E-state index < -0.39 is 0 Å². The molecule has 0 spiro atoms. The van der Waals surface area contributed by atoms with Crippen molar-refractivity contribution in [3.63, 3.8) is 0 Å². The van der Waals surface area contributed by atoms with Crippen LogP contribution in [-0.4, -0.2) is 48.3 Å². The fourth-order valence-corrected chi connectivity index (χ4v) is 2.15. The third-order valence-corrected chi connectivity index (χ3v) is 3.30. The Morgan fingerprint density at radius 2 is 2.35 bits per heavy atom. The molecule has 1 aliphatic rings. The molecule has 0 aromatic rings. The van der Waals surface area contributed by atoms with E-state index in [9.17, 15) is 4.79 Å². The Balaban J connectivity index is 2.34. The van der Waals surface area contributed by atoms with Crippen molar-refractivity contribution in [2.75, 3.05) is 26.3 Å². The minimum absolute atomic E-state index is 0.0688. The summed E-state index contributed by atoms with van der Waals surface area (Å²) >= 11 is 0. The molecular formula is C13H25NO3. The molecule has 1 N–H and O–H groups in total. The fourth-order valence-electron chi connectivity index (χ4n) is 2.15. The second kappa shape index (κ2) is 7.67. The summed E-state index contributed by atoms with van der Waals surface area (Å²) in [7, 11) is 0. The van der Waals surface area contributed by atoms with Gasteiger partial charge in [0.25, 0.3) is 5.91 Å². The van der Waals surface area contributed by atoms with Crippen molar-refractivity contribution in [1.82, 2.24) is 4.90 Å². The van der Waals surface area contributed by atoms with E-state index in [4.69, 9.17) is 9.84 Å². The van der Waals surface area contributed by atoms with Crippen LogP contribution in [0.15, 0.2) is 0 Å². The third kappa shape index (κ3) is 4.64. The molecule has 100 valence electrons. The minimum atomic E-state index is -0.348. The zero-order valence-corrected chi connectivity index (χ0v) is 11.0. The Morgan fingerprint density at radius 3 is 3.00 bits per heavy atom. The van der Waals surface area contributed by atoms with Crippen LogP contribution in [0.4, 0.5) is 0 Å². The number of likely N-dealkylation sites (tertiary alicyclic amines) is 1. The predicted molar refractivity (Wildman–Crippen MR) is 66.7 cm³/mol. The molecule has 1 heterocycles. The van der Waals surface area contributed by atoms with Gasteiger partial charge in [0.2, 0.25) is 0 Å². The molecule has 0 radical (unpaired) electrons. The first kappa shape index (κ1) is 14.5. The lowest BCUT2D eigenvalue weighted by Gasteiger charge is -2.33. The number of hydrogen-bond acceptors (Lipinski definition) is 3. The fraction of sp³-hybridized carbons (Fsp3) is 0.923. The van der Waals surface area contributed by atoms with E-state index in [1.54, 1.807) is 0 Å².